The monoisotopic (exact) mass is 315 g/mol. The fraction of sp³-hybridized carbons (Fsp3) is 0.375. The third-order valence-corrected chi connectivity index (χ3v) is 3.41. The van der Waals surface area contributed by atoms with Gasteiger partial charge >= 0.3 is 0 Å². The van der Waals surface area contributed by atoms with Crippen molar-refractivity contribution in [3.8, 4) is 0 Å². The summed E-state index contributed by atoms with van der Waals surface area (Å²) in [7, 11) is 0. The minimum Gasteiger partial charge on any atom is -0.326 e. The lowest BCUT2D eigenvalue weighted by Crippen LogP contribution is -2.24. The van der Waals surface area contributed by atoms with E-state index in [-0.39, 0.29) is 11.8 Å². The van der Waals surface area contributed by atoms with Gasteiger partial charge in [0.15, 0.2) is 0 Å². The summed E-state index contributed by atoms with van der Waals surface area (Å²) >= 11 is 0. The molecule has 2 N–H and O–H groups in total. The van der Waals surface area contributed by atoms with Gasteiger partial charge in [0, 0.05) is 17.8 Å². The largest absolute Gasteiger partial charge is 0.326 e. The van der Waals surface area contributed by atoms with E-state index in [1.165, 1.54) is 17.3 Å². The minimum absolute atomic E-state index is 0.00319. The number of anilines is 2. The summed E-state index contributed by atoms with van der Waals surface area (Å²) in [5, 5.41) is 9.58. The maximum Gasteiger partial charge on any atom is 0.249 e. The predicted molar refractivity (Wildman–Crippen MR) is 88.0 cm³/mol. The number of unbranched alkanes of at least 4 members (excludes halogenated alkanes) is 1. The van der Waals surface area contributed by atoms with Gasteiger partial charge in [-0.2, -0.15) is 5.10 Å². The fourth-order valence-corrected chi connectivity index (χ4v) is 1.98. The minimum atomic E-state index is -0.453. The van der Waals surface area contributed by atoms with Crippen molar-refractivity contribution in [1.82, 2.24) is 14.8 Å². The lowest BCUT2D eigenvalue weighted by atomic mass is 10.2. The highest BCUT2D eigenvalue weighted by Gasteiger charge is 2.15. The molecule has 1 aromatic carbocycles. The van der Waals surface area contributed by atoms with Crippen molar-refractivity contribution < 1.29 is 9.59 Å². The molecule has 0 spiro atoms. The van der Waals surface area contributed by atoms with Crippen LogP contribution in [0.4, 0.5) is 11.4 Å². The highest BCUT2D eigenvalue weighted by Crippen LogP contribution is 2.16. The molecule has 0 aliphatic carbocycles. The van der Waals surface area contributed by atoms with Crippen LogP contribution in [-0.2, 0) is 9.59 Å². The molecule has 7 heteroatoms. The maximum absolute atomic E-state index is 12.1. The van der Waals surface area contributed by atoms with Crippen molar-refractivity contribution in [3.63, 3.8) is 0 Å². The number of rotatable bonds is 7. The predicted octanol–water partition coefficient (Wildman–Crippen LogP) is 2.61. The lowest BCUT2D eigenvalue weighted by molar-refractivity contribution is -0.119. The van der Waals surface area contributed by atoms with E-state index in [9.17, 15) is 9.59 Å². The fourth-order valence-electron chi connectivity index (χ4n) is 1.98. The van der Waals surface area contributed by atoms with Crippen molar-refractivity contribution in [2.75, 3.05) is 10.6 Å². The molecule has 2 aromatic rings. The standard InChI is InChI=1S/C16H21N5O2/c1-3-4-5-15(22)19-13-6-8-14(9-7-13)20-16(23)12(2)21-11-17-10-18-21/h6-12H,3-5H2,1-2H3,(H,19,22)(H,20,23)/t12-/m1/s1. The van der Waals surface area contributed by atoms with Gasteiger partial charge in [0.05, 0.1) is 0 Å². The number of hydrogen-bond donors (Lipinski definition) is 2. The topological polar surface area (TPSA) is 88.9 Å². The molecule has 0 aliphatic heterocycles. The number of nitrogens with zero attached hydrogens (tertiary/aromatic N) is 3. The molecule has 1 aromatic heterocycles. The first-order valence-electron chi connectivity index (χ1n) is 7.65. The first kappa shape index (κ1) is 16.7. The van der Waals surface area contributed by atoms with Crippen LogP contribution in [-0.4, -0.2) is 26.6 Å². The smallest absolute Gasteiger partial charge is 0.249 e. The van der Waals surface area contributed by atoms with Gasteiger partial charge in [0.1, 0.15) is 18.7 Å². The van der Waals surface area contributed by atoms with Crippen molar-refractivity contribution in [3.05, 3.63) is 36.9 Å². The molecule has 0 radical (unpaired) electrons. The van der Waals surface area contributed by atoms with Gasteiger partial charge < -0.3 is 10.6 Å². The molecule has 1 heterocycles. The Labute approximate surface area is 135 Å². The van der Waals surface area contributed by atoms with Crippen molar-refractivity contribution in [2.24, 2.45) is 0 Å². The molecular formula is C16H21N5O2. The first-order valence-corrected chi connectivity index (χ1v) is 7.65. The van der Waals surface area contributed by atoms with Crippen LogP contribution in [0.25, 0.3) is 0 Å². The molecule has 0 unspecified atom stereocenters. The van der Waals surface area contributed by atoms with Crippen LogP contribution in [0.1, 0.15) is 39.2 Å². The van der Waals surface area contributed by atoms with E-state index in [4.69, 9.17) is 0 Å². The van der Waals surface area contributed by atoms with E-state index in [2.05, 4.69) is 20.7 Å². The molecule has 7 nitrogen and oxygen atoms in total. The van der Waals surface area contributed by atoms with E-state index in [0.29, 0.717) is 17.8 Å². The van der Waals surface area contributed by atoms with Gasteiger partial charge in [-0.3, -0.25) is 9.59 Å². The van der Waals surface area contributed by atoms with Gasteiger partial charge in [0.25, 0.3) is 0 Å². The first-order chi connectivity index (χ1) is 11.1. The normalized spacial score (nSPS) is 11.7. The summed E-state index contributed by atoms with van der Waals surface area (Å²) in [5.41, 5.74) is 1.38. The van der Waals surface area contributed by atoms with Gasteiger partial charge in [-0.25, -0.2) is 9.67 Å². The van der Waals surface area contributed by atoms with E-state index < -0.39 is 6.04 Å². The Morgan fingerprint density at radius 2 is 1.83 bits per heavy atom. The van der Waals surface area contributed by atoms with Crippen LogP contribution >= 0.6 is 0 Å². The summed E-state index contributed by atoms with van der Waals surface area (Å²) < 4.78 is 1.48. The number of aromatic nitrogens is 3. The average molecular weight is 315 g/mol. The second kappa shape index (κ2) is 8.07. The van der Waals surface area contributed by atoms with Crippen molar-refractivity contribution in [1.29, 1.82) is 0 Å². The highest BCUT2D eigenvalue weighted by molar-refractivity contribution is 5.94. The quantitative estimate of drug-likeness (QED) is 0.822. The summed E-state index contributed by atoms with van der Waals surface area (Å²) in [5.74, 6) is -0.182. The van der Waals surface area contributed by atoms with Crippen LogP contribution in [0.5, 0.6) is 0 Å². The average Bonchev–Trinajstić information content (AvgIpc) is 3.08. The van der Waals surface area contributed by atoms with Crippen LogP contribution in [0.2, 0.25) is 0 Å². The van der Waals surface area contributed by atoms with Crippen molar-refractivity contribution in [2.45, 2.75) is 39.2 Å². The third kappa shape index (κ3) is 4.91. The number of benzene rings is 1. The second-order valence-corrected chi connectivity index (χ2v) is 5.27. The zero-order valence-electron chi connectivity index (χ0n) is 13.3. The number of hydrogen-bond acceptors (Lipinski definition) is 4. The Hall–Kier alpha value is -2.70. The van der Waals surface area contributed by atoms with Gasteiger partial charge in [0.2, 0.25) is 11.8 Å². The summed E-state index contributed by atoms with van der Waals surface area (Å²) in [6.07, 6.45) is 5.27. The molecule has 0 fully saturated rings. The van der Waals surface area contributed by atoms with E-state index in [1.54, 1.807) is 31.2 Å². The Morgan fingerprint density at radius 3 is 2.39 bits per heavy atom. The van der Waals surface area contributed by atoms with E-state index in [0.717, 1.165) is 12.8 Å². The molecule has 0 saturated heterocycles. The van der Waals surface area contributed by atoms with Crippen LogP contribution in [0, 0.1) is 0 Å². The Kier molecular flexibility index (Phi) is 5.85. The Bertz CT molecular complexity index is 637. The SMILES string of the molecule is CCCCC(=O)Nc1ccc(NC(=O)[C@@H](C)n2cncn2)cc1. The molecule has 122 valence electrons. The highest BCUT2D eigenvalue weighted by atomic mass is 16.2. The summed E-state index contributed by atoms with van der Waals surface area (Å²) in [6, 6.07) is 6.58. The maximum atomic E-state index is 12.1. The lowest BCUT2D eigenvalue weighted by Gasteiger charge is -2.12. The van der Waals surface area contributed by atoms with Crippen LogP contribution in [0.15, 0.2) is 36.9 Å². The van der Waals surface area contributed by atoms with Gasteiger partial charge in [-0.05, 0) is 37.6 Å². The third-order valence-electron chi connectivity index (χ3n) is 3.41. The Balaban J connectivity index is 1.89. The van der Waals surface area contributed by atoms with Gasteiger partial charge in [-0.15, -0.1) is 0 Å². The summed E-state index contributed by atoms with van der Waals surface area (Å²) in [4.78, 5) is 27.6. The molecule has 0 aliphatic rings. The second-order valence-electron chi connectivity index (χ2n) is 5.27. The molecule has 0 saturated carbocycles. The molecule has 1 atom stereocenters. The number of nitrogens with one attached hydrogen (secondary N) is 2. The molecule has 2 rings (SSSR count). The van der Waals surface area contributed by atoms with Crippen molar-refractivity contribution >= 4 is 23.2 Å². The molecule has 0 bridgehead atoms. The zero-order valence-corrected chi connectivity index (χ0v) is 13.3. The molecular weight excluding hydrogens is 294 g/mol. The number of amides is 2. The van der Waals surface area contributed by atoms with Crippen LogP contribution in [0.3, 0.4) is 0 Å². The summed E-state index contributed by atoms with van der Waals surface area (Å²) in [6.45, 7) is 3.79. The van der Waals surface area contributed by atoms with E-state index >= 15 is 0 Å². The van der Waals surface area contributed by atoms with E-state index in [1.807, 2.05) is 6.92 Å². The zero-order chi connectivity index (χ0) is 16.7. The molecule has 23 heavy (non-hydrogen) atoms. The Morgan fingerprint density at radius 1 is 1.17 bits per heavy atom. The molecule has 2 amide bonds. The number of carbonyl (C=O) groups excluding carboxylic acids is 2. The number of carbonyl (C=O) groups is 2. The van der Waals surface area contributed by atoms with Crippen LogP contribution < -0.4 is 10.6 Å². The van der Waals surface area contributed by atoms with Gasteiger partial charge in [-0.1, -0.05) is 13.3 Å².